The van der Waals surface area contributed by atoms with Gasteiger partial charge in [0.1, 0.15) is 17.3 Å². The number of carbonyl (C=O) groups excluding carboxylic acids is 1. The van der Waals surface area contributed by atoms with Gasteiger partial charge in [-0.05, 0) is 43.2 Å². The Morgan fingerprint density at radius 3 is 2.70 bits per heavy atom. The van der Waals surface area contributed by atoms with Crippen LogP contribution in [-0.2, 0) is 6.42 Å². The summed E-state index contributed by atoms with van der Waals surface area (Å²) in [5.74, 6) is -0.996. The number of amides is 1. The van der Waals surface area contributed by atoms with Gasteiger partial charge in [0.2, 0.25) is 5.43 Å². The number of benzene rings is 2. The van der Waals surface area contributed by atoms with E-state index in [1.165, 1.54) is 22.9 Å². The van der Waals surface area contributed by atoms with Gasteiger partial charge in [0.25, 0.3) is 5.91 Å². The summed E-state index contributed by atoms with van der Waals surface area (Å²) in [6.45, 7) is 1.88. The molecule has 0 atom stereocenters. The second-order valence-corrected chi connectivity index (χ2v) is 6.04. The van der Waals surface area contributed by atoms with E-state index in [1.54, 1.807) is 37.3 Å². The average Bonchev–Trinajstić information content (AvgIpc) is 2.63. The maximum Gasteiger partial charge on any atom is 0.275 e. The van der Waals surface area contributed by atoms with Crippen molar-refractivity contribution >= 4 is 5.91 Å². The topological polar surface area (TPSA) is 84.2 Å². The van der Waals surface area contributed by atoms with Gasteiger partial charge >= 0.3 is 0 Å². The molecule has 1 heterocycles. The molecule has 0 aliphatic carbocycles. The van der Waals surface area contributed by atoms with Crippen LogP contribution in [0.3, 0.4) is 0 Å². The van der Waals surface area contributed by atoms with Crippen molar-refractivity contribution in [1.82, 2.24) is 15.1 Å². The van der Waals surface area contributed by atoms with Crippen LogP contribution in [0.4, 0.5) is 4.39 Å². The van der Waals surface area contributed by atoms with E-state index >= 15 is 0 Å². The molecule has 0 saturated heterocycles. The molecule has 1 amide bonds. The zero-order valence-corrected chi connectivity index (χ0v) is 14.6. The van der Waals surface area contributed by atoms with E-state index < -0.39 is 17.2 Å². The van der Waals surface area contributed by atoms with Crippen molar-refractivity contribution in [2.75, 3.05) is 6.54 Å². The lowest BCUT2D eigenvalue weighted by Crippen LogP contribution is -2.33. The Bertz CT molecular complexity index is 1050. The van der Waals surface area contributed by atoms with Crippen LogP contribution in [0.1, 0.15) is 21.7 Å². The zero-order chi connectivity index (χ0) is 19.4. The minimum Gasteiger partial charge on any atom is -0.508 e. The smallest absolute Gasteiger partial charge is 0.275 e. The third-order valence-corrected chi connectivity index (χ3v) is 4.01. The number of aryl methyl sites for hydroxylation is 1. The van der Waals surface area contributed by atoms with E-state index in [2.05, 4.69) is 10.4 Å². The molecule has 0 aliphatic heterocycles. The normalized spacial score (nSPS) is 10.6. The maximum atomic E-state index is 14.1. The second kappa shape index (κ2) is 7.82. The molecule has 1 aromatic heterocycles. The molecule has 0 radical (unpaired) electrons. The second-order valence-electron chi connectivity index (χ2n) is 6.04. The molecule has 2 N–H and O–H groups in total. The number of hydrogen-bond donors (Lipinski definition) is 2. The molecule has 3 rings (SSSR count). The largest absolute Gasteiger partial charge is 0.508 e. The first-order valence-corrected chi connectivity index (χ1v) is 8.37. The molecule has 138 valence electrons. The van der Waals surface area contributed by atoms with Crippen molar-refractivity contribution in [3.63, 3.8) is 0 Å². The lowest BCUT2D eigenvalue weighted by atomic mass is 10.1. The highest BCUT2D eigenvalue weighted by molar-refractivity contribution is 5.92. The Labute approximate surface area is 154 Å². The number of phenolic OH excluding ortho intramolecular Hbond substituents is 1. The van der Waals surface area contributed by atoms with Gasteiger partial charge in [-0.2, -0.15) is 5.10 Å². The van der Waals surface area contributed by atoms with Gasteiger partial charge in [0.15, 0.2) is 5.69 Å². The molecule has 0 bridgehead atoms. The monoisotopic (exact) mass is 367 g/mol. The minimum atomic E-state index is -0.634. The van der Waals surface area contributed by atoms with Crippen LogP contribution in [0, 0.1) is 12.7 Å². The van der Waals surface area contributed by atoms with E-state index in [9.17, 15) is 19.1 Å². The van der Waals surface area contributed by atoms with Crippen LogP contribution in [0.15, 0.2) is 59.4 Å². The first-order chi connectivity index (χ1) is 13.0. The van der Waals surface area contributed by atoms with Crippen LogP contribution in [-0.4, -0.2) is 27.3 Å². The molecular formula is C20H18FN3O3. The standard InChI is InChI=1S/C20H18FN3O3/c1-13-11-18(26)19(23-24(13)17-8-3-2-7-16(17)21)20(27)22-10-9-14-5-4-6-15(25)12-14/h2-8,11-12,25H,9-10H2,1H3,(H,22,27). The number of carbonyl (C=O) groups is 1. The van der Waals surface area contributed by atoms with Gasteiger partial charge in [-0.15, -0.1) is 0 Å². The number of para-hydroxylation sites is 1. The summed E-state index contributed by atoms with van der Waals surface area (Å²) in [5, 5.41) is 16.1. The Balaban J connectivity index is 1.79. The minimum absolute atomic E-state index is 0.145. The van der Waals surface area contributed by atoms with Crippen LogP contribution in [0.5, 0.6) is 5.75 Å². The molecule has 7 heteroatoms. The van der Waals surface area contributed by atoms with Gasteiger partial charge in [-0.1, -0.05) is 24.3 Å². The van der Waals surface area contributed by atoms with Crippen LogP contribution < -0.4 is 10.7 Å². The highest BCUT2D eigenvalue weighted by Gasteiger charge is 2.16. The fourth-order valence-electron chi connectivity index (χ4n) is 2.69. The fourth-order valence-corrected chi connectivity index (χ4v) is 2.69. The van der Waals surface area contributed by atoms with Gasteiger partial charge in [-0.3, -0.25) is 9.59 Å². The summed E-state index contributed by atoms with van der Waals surface area (Å²) in [6, 6.07) is 13.9. The lowest BCUT2D eigenvalue weighted by molar-refractivity contribution is 0.0946. The molecule has 0 spiro atoms. The predicted octanol–water partition coefficient (Wildman–Crippen LogP) is 2.36. The summed E-state index contributed by atoms with van der Waals surface area (Å²) >= 11 is 0. The van der Waals surface area contributed by atoms with Crippen molar-refractivity contribution in [3.8, 4) is 11.4 Å². The first-order valence-electron chi connectivity index (χ1n) is 8.37. The van der Waals surface area contributed by atoms with Crippen LogP contribution in [0.25, 0.3) is 5.69 Å². The SMILES string of the molecule is Cc1cc(=O)c(C(=O)NCCc2cccc(O)c2)nn1-c1ccccc1F. The van der Waals surface area contributed by atoms with E-state index in [4.69, 9.17) is 0 Å². The molecule has 0 aliphatic rings. The predicted molar refractivity (Wildman–Crippen MR) is 98.7 cm³/mol. The first kappa shape index (κ1) is 18.3. The Morgan fingerprint density at radius 1 is 1.19 bits per heavy atom. The van der Waals surface area contributed by atoms with E-state index in [0.29, 0.717) is 12.1 Å². The number of aromatic hydroxyl groups is 1. The highest BCUT2D eigenvalue weighted by atomic mass is 19.1. The Morgan fingerprint density at radius 2 is 1.96 bits per heavy atom. The zero-order valence-electron chi connectivity index (χ0n) is 14.6. The molecule has 6 nitrogen and oxygen atoms in total. The van der Waals surface area contributed by atoms with Crippen molar-refractivity contribution < 1.29 is 14.3 Å². The summed E-state index contributed by atoms with van der Waals surface area (Å²) in [4.78, 5) is 24.5. The van der Waals surface area contributed by atoms with Gasteiger partial charge in [0.05, 0.1) is 0 Å². The molecule has 0 unspecified atom stereocenters. The summed E-state index contributed by atoms with van der Waals surface area (Å²) in [6.07, 6.45) is 0.480. The number of phenols is 1. The molecule has 3 aromatic rings. The third-order valence-electron chi connectivity index (χ3n) is 4.01. The van der Waals surface area contributed by atoms with Crippen LogP contribution in [0.2, 0.25) is 0 Å². The quantitative estimate of drug-likeness (QED) is 0.725. The molecule has 27 heavy (non-hydrogen) atoms. The maximum absolute atomic E-state index is 14.1. The average molecular weight is 367 g/mol. The summed E-state index contributed by atoms with van der Waals surface area (Å²) in [5.41, 5.74) is 0.580. The van der Waals surface area contributed by atoms with Crippen LogP contribution >= 0.6 is 0 Å². The Hall–Kier alpha value is -3.48. The van der Waals surface area contributed by atoms with Crippen molar-refractivity contribution in [2.45, 2.75) is 13.3 Å². The number of halogens is 1. The van der Waals surface area contributed by atoms with E-state index in [1.807, 2.05) is 6.07 Å². The van der Waals surface area contributed by atoms with Crippen molar-refractivity contribution in [2.24, 2.45) is 0 Å². The lowest BCUT2D eigenvalue weighted by Gasteiger charge is -2.12. The molecule has 0 fully saturated rings. The molecule has 2 aromatic carbocycles. The molecular weight excluding hydrogens is 349 g/mol. The van der Waals surface area contributed by atoms with E-state index in [0.717, 1.165) is 5.56 Å². The molecule has 0 saturated carbocycles. The third kappa shape index (κ3) is 4.20. The van der Waals surface area contributed by atoms with Crippen molar-refractivity contribution in [1.29, 1.82) is 0 Å². The van der Waals surface area contributed by atoms with Crippen molar-refractivity contribution in [3.05, 3.63) is 87.6 Å². The number of nitrogens with one attached hydrogen (secondary N) is 1. The van der Waals surface area contributed by atoms with Gasteiger partial charge in [0, 0.05) is 18.3 Å². The summed E-state index contributed by atoms with van der Waals surface area (Å²) < 4.78 is 15.3. The van der Waals surface area contributed by atoms with E-state index in [-0.39, 0.29) is 23.7 Å². The fraction of sp³-hybridized carbons (Fsp3) is 0.150. The van der Waals surface area contributed by atoms with Gasteiger partial charge in [-0.25, -0.2) is 9.07 Å². The number of aromatic nitrogens is 2. The van der Waals surface area contributed by atoms with Gasteiger partial charge < -0.3 is 10.4 Å². The number of rotatable bonds is 5. The number of hydrogen-bond acceptors (Lipinski definition) is 4. The highest BCUT2D eigenvalue weighted by Crippen LogP contribution is 2.13. The summed E-state index contributed by atoms with van der Waals surface area (Å²) in [7, 11) is 0. The number of nitrogens with zero attached hydrogens (tertiary/aromatic N) is 2. The Kier molecular flexibility index (Phi) is 5.30.